The summed E-state index contributed by atoms with van der Waals surface area (Å²) in [4.78, 5) is 0. The number of hydrogen-bond acceptors (Lipinski definition) is 2. The minimum atomic E-state index is -0.969. The van der Waals surface area contributed by atoms with Crippen LogP contribution in [-0.2, 0) is 4.74 Å². The van der Waals surface area contributed by atoms with Crippen molar-refractivity contribution >= 4 is 15.9 Å². The molecule has 2 nitrogen and oxygen atoms in total. The quantitative estimate of drug-likeness (QED) is 0.768. The van der Waals surface area contributed by atoms with E-state index in [-0.39, 0.29) is 18.0 Å². The minimum Gasteiger partial charge on any atom is -0.490 e. The first-order valence-electron chi connectivity index (χ1n) is 5.18. The number of benzene rings is 1. The smallest absolute Gasteiger partial charge is 0.200 e. The maximum Gasteiger partial charge on any atom is 0.200 e. The first-order chi connectivity index (χ1) is 7.85. The topological polar surface area (TPSA) is 18.5 Å². The highest BCUT2D eigenvalue weighted by molar-refractivity contribution is 9.10. The van der Waals surface area contributed by atoms with Crippen molar-refractivity contribution in [1.29, 1.82) is 0 Å². The molecule has 0 saturated carbocycles. The lowest BCUT2D eigenvalue weighted by molar-refractivity contribution is 0.00508. The second-order valence-electron chi connectivity index (χ2n) is 4.26. The predicted octanol–water partition coefficient (Wildman–Crippen LogP) is 3.92. The first-order valence-corrected chi connectivity index (χ1v) is 5.97. The molecule has 1 rings (SSSR count). The Hall–Kier alpha value is -0.680. The van der Waals surface area contributed by atoms with Crippen molar-refractivity contribution in [2.45, 2.75) is 25.9 Å². The maximum atomic E-state index is 13.3. The van der Waals surface area contributed by atoms with Crippen molar-refractivity contribution in [2.75, 3.05) is 13.7 Å². The Bertz CT molecular complexity index is 394. The van der Waals surface area contributed by atoms with Gasteiger partial charge in [0.15, 0.2) is 11.6 Å². The zero-order valence-electron chi connectivity index (χ0n) is 10.0. The number of halogens is 3. The van der Waals surface area contributed by atoms with Crippen LogP contribution >= 0.6 is 15.9 Å². The van der Waals surface area contributed by atoms with Crippen LogP contribution in [0.1, 0.15) is 20.3 Å². The molecule has 0 aliphatic rings. The van der Waals surface area contributed by atoms with Gasteiger partial charge in [-0.25, -0.2) is 4.39 Å². The van der Waals surface area contributed by atoms with Crippen LogP contribution < -0.4 is 4.74 Å². The molecule has 1 aromatic carbocycles. The van der Waals surface area contributed by atoms with E-state index >= 15 is 0 Å². The third kappa shape index (κ3) is 4.24. The Balaban J connectivity index is 2.64. The summed E-state index contributed by atoms with van der Waals surface area (Å²) < 4.78 is 37.2. The Morgan fingerprint density at radius 2 is 1.94 bits per heavy atom. The van der Waals surface area contributed by atoms with E-state index in [0.717, 1.165) is 6.07 Å². The van der Waals surface area contributed by atoms with E-state index in [2.05, 4.69) is 15.9 Å². The van der Waals surface area contributed by atoms with Crippen molar-refractivity contribution in [3.05, 3.63) is 28.2 Å². The summed E-state index contributed by atoms with van der Waals surface area (Å²) in [6, 6.07) is 2.46. The van der Waals surface area contributed by atoms with Gasteiger partial charge in [-0.15, -0.1) is 0 Å². The number of rotatable bonds is 5. The van der Waals surface area contributed by atoms with Gasteiger partial charge in [-0.3, -0.25) is 0 Å². The molecule has 0 atom stereocenters. The van der Waals surface area contributed by atoms with Gasteiger partial charge in [-0.05, 0) is 26.0 Å². The SMILES string of the molecule is COC(C)(C)CCOc1cc(Br)cc(F)c1F. The third-order valence-electron chi connectivity index (χ3n) is 2.47. The van der Waals surface area contributed by atoms with Crippen molar-refractivity contribution in [3.63, 3.8) is 0 Å². The van der Waals surface area contributed by atoms with Gasteiger partial charge in [-0.2, -0.15) is 4.39 Å². The molecule has 0 aliphatic heterocycles. The highest BCUT2D eigenvalue weighted by atomic mass is 79.9. The Labute approximate surface area is 108 Å². The van der Waals surface area contributed by atoms with Crippen molar-refractivity contribution in [2.24, 2.45) is 0 Å². The van der Waals surface area contributed by atoms with Crippen LogP contribution in [0.2, 0.25) is 0 Å². The second kappa shape index (κ2) is 5.78. The van der Waals surface area contributed by atoms with Gasteiger partial charge >= 0.3 is 0 Å². The molecule has 0 heterocycles. The molecular weight excluding hydrogens is 294 g/mol. The van der Waals surface area contributed by atoms with Crippen molar-refractivity contribution in [3.8, 4) is 5.75 Å². The van der Waals surface area contributed by atoms with Crippen molar-refractivity contribution in [1.82, 2.24) is 0 Å². The highest BCUT2D eigenvalue weighted by Crippen LogP contribution is 2.26. The third-order valence-corrected chi connectivity index (χ3v) is 2.93. The monoisotopic (exact) mass is 308 g/mol. The summed E-state index contributed by atoms with van der Waals surface area (Å²) in [5.74, 6) is -1.99. The number of hydrogen-bond donors (Lipinski definition) is 0. The molecule has 0 fully saturated rings. The average Bonchev–Trinajstić information content (AvgIpc) is 2.24. The van der Waals surface area contributed by atoms with Crippen LogP contribution in [0.4, 0.5) is 8.78 Å². The Kier molecular flexibility index (Phi) is 4.89. The average molecular weight is 309 g/mol. The first kappa shape index (κ1) is 14.4. The van der Waals surface area contributed by atoms with E-state index in [1.807, 2.05) is 13.8 Å². The van der Waals surface area contributed by atoms with Gasteiger partial charge in [-0.1, -0.05) is 15.9 Å². The lowest BCUT2D eigenvalue weighted by Gasteiger charge is -2.22. The number of methoxy groups -OCH3 is 1. The van der Waals surface area contributed by atoms with Gasteiger partial charge in [0.25, 0.3) is 0 Å². The van der Waals surface area contributed by atoms with Gasteiger partial charge < -0.3 is 9.47 Å². The largest absolute Gasteiger partial charge is 0.490 e. The van der Waals surface area contributed by atoms with Gasteiger partial charge in [0.05, 0.1) is 12.2 Å². The summed E-state index contributed by atoms with van der Waals surface area (Å²) in [6.07, 6.45) is 0.580. The van der Waals surface area contributed by atoms with Crippen LogP contribution in [0.5, 0.6) is 5.75 Å². The standard InChI is InChI=1S/C12H15BrF2O2/c1-12(2,16-3)4-5-17-10-7-8(13)6-9(14)11(10)15/h6-7H,4-5H2,1-3H3. The summed E-state index contributed by atoms with van der Waals surface area (Å²) in [6.45, 7) is 4.05. The lowest BCUT2D eigenvalue weighted by atomic mass is 10.1. The molecule has 17 heavy (non-hydrogen) atoms. The molecular formula is C12H15BrF2O2. The van der Waals surface area contributed by atoms with Gasteiger partial charge in [0, 0.05) is 18.0 Å². The van der Waals surface area contributed by atoms with Crippen LogP contribution in [0, 0.1) is 11.6 Å². The maximum absolute atomic E-state index is 13.3. The van der Waals surface area contributed by atoms with E-state index < -0.39 is 11.6 Å². The van der Waals surface area contributed by atoms with Crippen molar-refractivity contribution < 1.29 is 18.3 Å². The molecule has 0 aliphatic carbocycles. The van der Waals surface area contributed by atoms with Gasteiger partial charge in [0.1, 0.15) is 0 Å². The summed E-state index contributed by atoms with van der Waals surface area (Å²) in [5, 5.41) is 0. The molecule has 1 aromatic rings. The zero-order chi connectivity index (χ0) is 13.1. The molecule has 0 unspecified atom stereocenters. The number of ether oxygens (including phenoxy) is 2. The summed E-state index contributed by atoms with van der Waals surface area (Å²) >= 11 is 3.08. The lowest BCUT2D eigenvalue weighted by Crippen LogP contribution is -2.25. The minimum absolute atomic E-state index is 0.0937. The fourth-order valence-electron chi connectivity index (χ4n) is 1.15. The van der Waals surface area contributed by atoms with E-state index in [9.17, 15) is 8.78 Å². The fourth-order valence-corrected chi connectivity index (χ4v) is 1.56. The zero-order valence-corrected chi connectivity index (χ0v) is 11.6. The van der Waals surface area contributed by atoms with E-state index in [1.165, 1.54) is 6.07 Å². The second-order valence-corrected chi connectivity index (χ2v) is 5.18. The highest BCUT2D eigenvalue weighted by Gasteiger charge is 2.17. The Morgan fingerprint density at radius 3 is 2.53 bits per heavy atom. The van der Waals surface area contributed by atoms with E-state index in [0.29, 0.717) is 10.9 Å². The fraction of sp³-hybridized carbons (Fsp3) is 0.500. The molecule has 0 spiro atoms. The molecule has 0 radical (unpaired) electrons. The Morgan fingerprint density at radius 1 is 1.29 bits per heavy atom. The van der Waals surface area contributed by atoms with Crippen LogP contribution in [0.25, 0.3) is 0 Å². The molecule has 0 amide bonds. The summed E-state index contributed by atoms with van der Waals surface area (Å²) in [5.41, 5.74) is -0.346. The molecule has 0 N–H and O–H groups in total. The molecule has 0 bridgehead atoms. The van der Waals surface area contributed by atoms with Gasteiger partial charge in [0.2, 0.25) is 5.82 Å². The summed E-state index contributed by atoms with van der Waals surface area (Å²) in [7, 11) is 1.60. The molecule has 96 valence electrons. The van der Waals surface area contributed by atoms with Crippen LogP contribution in [0.3, 0.4) is 0 Å². The van der Waals surface area contributed by atoms with Crippen LogP contribution in [-0.4, -0.2) is 19.3 Å². The molecule has 5 heteroatoms. The van der Waals surface area contributed by atoms with E-state index in [1.54, 1.807) is 7.11 Å². The van der Waals surface area contributed by atoms with Crippen LogP contribution in [0.15, 0.2) is 16.6 Å². The van der Waals surface area contributed by atoms with E-state index in [4.69, 9.17) is 9.47 Å². The normalized spacial score (nSPS) is 11.6. The molecule has 0 aromatic heterocycles. The molecule has 0 saturated heterocycles. The predicted molar refractivity (Wildman–Crippen MR) is 65.3 cm³/mol.